The fraction of sp³-hybridized carbons (Fsp3) is 0.300. The Balaban J connectivity index is 2.19. The van der Waals surface area contributed by atoms with E-state index in [9.17, 15) is 33.0 Å². The van der Waals surface area contributed by atoms with Gasteiger partial charge in [-0.15, -0.1) is 0 Å². The van der Waals surface area contributed by atoms with E-state index >= 15 is 0 Å². The van der Waals surface area contributed by atoms with Gasteiger partial charge in [0, 0.05) is 5.56 Å². The molecule has 1 fully saturated rings. The van der Waals surface area contributed by atoms with Gasteiger partial charge in [0.15, 0.2) is 17.2 Å². The minimum Gasteiger partial charge on any atom is -0.504 e. The largest absolute Gasteiger partial charge is 0.504 e. The van der Waals surface area contributed by atoms with Gasteiger partial charge in [-0.25, -0.2) is 4.79 Å². The minimum atomic E-state index is -5.31. The summed E-state index contributed by atoms with van der Waals surface area (Å²) in [6.45, 7) is 0. The molecule has 2 amide bonds. The van der Waals surface area contributed by atoms with Gasteiger partial charge in [0.2, 0.25) is 5.78 Å². The van der Waals surface area contributed by atoms with E-state index < -0.39 is 35.7 Å². The standard InChI is InChI=1S/C20H19F3N2O6/c1-30-12-6-4-11(5-7-12)19(29)15(17(27)20(21,22)23)16(24-18(28)25-19)10-3-8-13(26)14(9-10)31-2/h3-9,15-16,26,29H,1-2H3,(H2,24,25,28)/t15-,16+,19+/m0/s1. The lowest BCUT2D eigenvalue weighted by atomic mass is 9.76. The number of benzene rings is 2. The van der Waals surface area contributed by atoms with Crippen LogP contribution >= 0.6 is 0 Å². The van der Waals surface area contributed by atoms with E-state index in [1.54, 1.807) is 0 Å². The lowest BCUT2D eigenvalue weighted by molar-refractivity contribution is -0.190. The number of phenolic OH excluding ortho intramolecular Hbond substituents is 1. The average molecular weight is 440 g/mol. The zero-order valence-electron chi connectivity index (χ0n) is 16.4. The number of urea groups is 1. The van der Waals surface area contributed by atoms with Gasteiger partial charge in [-0.2, -0.15) is 13.2 Å². The zero-order chi connectivity index (χ0) is 23.0. The maximum absolute atomic E-state index is 13.5. The summed E-state index contributed by atoms with van der Waals surface area (Å²) in [5, 5.41) is 25.4. The number of hydrogen-bond acceptors (Lipinski definition) is 6. The van der Waals surface area contributed by atoms with Crippen LogP contribution in [0.2, 0.25) is 0 Å². The summed E-state index contributed by atoms with van der Waals surface area (Å²) in [4.78, 5) is 24.8. The fourth-order valence-electron chi connectivity index (χ4n) is 3.53. The average Bonchev–Trinajstić information content (AvgIpc) is 2.72. The molecule has 2 aromatic carbocycles. The maximum Gasteiger partial charge on any atom is 0.450 e. The molecule has 4 N–H and O–H groups in total. The Kier molecular flexibility index (Phi) is 5.72. The predicted octanol–water partition coefficient (Wildman–Crippen LogP) is 2.36. The molecule has 31 heavy (non-hydrogen) atoms. The Labute approximate surface area is 174 Å². The van der Waals surface area contributed by atoms with E-state index in [0.717, 1.165) is 6.07 Å². The molecule has 0 bridgehead atoms. The second-order valence-electron chi connectivity index (χ2n) is 6.84. The Morgan fingerprint density at radius 2 is 1.74 bits per heavy atom. The first-order valence-corrected chi connectivity index (χ1v) is 8.94. The maximum atomic E-state index is 13.5. The molecule has 0 unspecified atom stereocenters. The van der Waals surface area contributed by atoms with Crippen LogP contribution in [0, 0.1) is 5.92 Å². The Hall–Kier alpha value is -3.47. The van der Waals surface area contributed by atoms with Crippen LogP contribution in [-0.4, -0.2) is 42.4 Å². The van der Waals surface area contributed by atoms with Crippen molar-refractivity contribution in [3.63, 3.8) is 0 Å². The number of aromatic hydroxyl groups is 1. The molecule has 0 saturated carbocycles. The lowest BCUT2D eigenvalue weighted by Crippen LogP contribution is -2.66. The monoisotopic (exact) mass is 440 g/mol. The number of carbonyl (C=O) groups is 2. The normalized spacial score (nSPS) is 23.5. The zero-order valence-corrected chi connectivity index (χ0v) is 16.4. The number of phenols is 1. The number of ketones is 1. The Morgan fingerprint density at radius 3 is 2.29 bits per heavy atom. The van der Waals surface area contributed by atoms with Gasteiger partial charge >= 0.3 is 12.2 Å². The van der Waals surface area contributed by atoms with Crippen LogP contribution in [0.25, 0.3) is 0 Å². The molecule has 1 heterocycles. The fourth-order valence-corrected chi connectivity index (χ4v) is 3.53. The van der Waals surface area contributed by atoms with Crippen molar-refractivity contribution in [1.29, 1.82) is 0 Å². The molecule has 0 aliphatic carbocycles. The van der Waals surface area contributed by atoms with Crippen molar-refractivity contribution >= 4 is 11.8 Å². The van der Waals surface area contributed by atoms with E-state index in [2.05, 4.69) is 10.6 Å². The van der Waals surface area contributed by atoms with Crippen LogP contribution in [0.15, 0.2) is 42.5 Å². The molecule has 1 aliphatic heterocycles. The summed E-state index contributed by atoms with van der Waals surface area (Å²) in [7, 11) is 2.60. The van der Waals surface area contributed by atoms with Crippen molar-refractivity contribution in [2.24, 2.45) is 5.92 Å². The van der Waals surface area contributed by atoms with Gasteiger partial charge in [0.05, 0.1) is 20.3 Å². The van der Waals surface area contributed by atoms with Crippen LogP contribution in [-0.2, 0) is 10.5 Å². The molecule has 8 nitrogen and oxygen atoms in total. The highest BCUT2D eigenvalue weighted by Crippen LogP contribution is 2.44. The lowest BCUT2D eigenvalue weighted by Gasteiger charge is -2.45. The van der Waals surface area contributed by atoms with Crippen molar-refractivity contribution in [3.05, 3.63) is 53.6 Å². The molecule has 3 atom stereocenters. The first kappa shape index (κ1) is 22.2. The number of hydrogen-bond donors (Lipinski definition) is 4. The number of methoxy groups -OCH3 is 2. The summed E-state index contributed by atoms with van der Waals surface area (Å²) < 4.78 is 50.5. The van der Waals surface area contributed by atoms with Crippen LogP contribution < -0.4 is 20.1 Å². The summed E-state index contributed by atoms with van der Waals surface area (Å²) in [5.74, 6) is -4.48. The van der Waals surface area contributed by atoms with Gasteiger partial charge in [-0.05, 0) is 29.8 Å². The number of alkyl halides is 3. The van der Waals surface area contributed by atoms with Gasteiger partial charge in [0.25, 0.3) is 0 Å². The van der Waals surface area contributed by atoms with Crippen LogP contribution in [0.3, 0.4) is 0 Å². The van der Waals surface area contributed by atoms with E-state index in [1.807, 2.05) is 0 Å². The van der Waals surface area contributed by atoms with Gasteiger partial charge in [-0.3, -0.25) is 4.79 Å². The van der Waals surface area contributed by atoms with Crippen LogP contribution in [0.4, 0.5) is 18.0 Å². The summed E-state index contributed by atoms with van der Waals surface area (Å²) in [6, 6.07) is 6.18. The Morgan fingerprint density at radius 1 is 1.10 bits per heavy atom. The minimum absolute atomic E-state index is 0.0130. The first-order valence-electron chi connectivity index (χ1n) is 8.94. The highest BCUT2D eigenvalue weighted by atomic mass is 19.4. The van der Waals surface area contributed by atoms with Gasteiger partial charge < -0.3 is 30.3 Å². The highest BCUT2D eigenvalue weighted by molar-refractivity contribution is 5.91. The molecule has 11 heteroatoms. The van der Waals surface area contributed by atoms with Gasteiger partial charge in [-0.1, -0.05) is 18.2 Å². The number of ether oxygens (including phenoxy) is 2. The molecule has 2 aromatic rings. The van der Waals surface area contributed by atoms with Crippen molar-refractivity contribution in [3.8, 4) is 17.2 Å². The second-order valence-corrected chi connectivity index (χ2v) is 6.84. The number of rotatable bonds is 5. The molecular formula is C20H19F3N2O6. The summed E-state index contributed by atoms with van der Waals surface area (Å²) >= 11 is 0. The number of amides is 2. The first-order chi connectivity index (χ1) is 14.5. The third-order valence-electron chi connectivity index (χ3n) is 5.03. The second kappa shape index (κ2) is 7.99. The van der Waals surface area contributed by atoms with Gasteiger partial charge in [0.1, 0.15) is 11.7 Å². The Bertz CT molecular complexity index is 995. The topological polar surface area (TPSA) is 117 Å². The predicted molar refractivity (Wildman–Crippen MR) is 101 cm³/mol. The van der Waals surface area contributed by atoms with Crippen molar-refractivity contribution < 1.29 is 42.4 Å². The molecule has 3 rings (SSSR count). The van der Waals surface area contributed by atoms with E-state index in [4.69, 9.17) is 9.47 Å². The van der Waals surface area contributed by atoms with Crippen molar-refractivity contribution in [1.82, 2.24) is 10.6 Å². The third kappa shape index (κ3) is 4.08. The molecular weight excluding hydrogens is 421 g/mol. The highest BCUT2D eigenvalue weighted by Gasteiger charge is 2.59. The summed E-state index contributed by atoms with van der Waals surface area (Å²) in [5.41, 5.74) is -2.84. The van der Waals surface area contributed by atoms with Crippen LogP contribution in [0.1, 0.15) is 17.2 Å². The SMILES string of the molecule is COc1ccc([C@]2(O)NC(=O)N[C@H](c3ccc(O)c(OC)c3)[C@H]2C(=O)C(F)(F)F)cc1. The smallest absolute Gasteiger partial charge is 0.450 e. The molecule has 0 aromatic heterocycles. The molecule has 0 spiro atoms. The number of aliphatic hydroxyl groups is 1. The quantitative estimate of drug-likeness (QED) is 0.567. The van der Waals surface area contributed by atoms with Crippen LogP contribution in [0.5, 0.6) is 17.2 Å². The molecule has 1 saturated heterocycles. The van der Waals surface area contributed by atoms with Crippen molar-refractivity contribution in [2.75, 3.05) is 14.2 Å². The number of halogens is 3. The van der Waals surface area contributed by atoms with E-state index in [-0.39, 0.29) is 22.6 Å². The number of Topliss-reactive ketones (excluding diaryl/α,β-unsaturated/α-hetero) is 1. The summed E-state index contributed by atoms with van der Waals surface area (Å²) in [6.07, 6.45) is -5.31. The van der Waals surface area contributed by atoms with E-state index in [0.29, 0.717) is 5.75 Å². The number of nitrogens with one attached hydrogen (secondary N) is 2. The molecule has 166 valence electrons. The molecule has 1 aliphatic rings. The number of carbonyl (C=O) groups excluding carboxylic acids is 2. The van der Waals surface area contributed by atoms with E-state index in [1.165, 1.54) is 50.6 Å². The molecule has 0 radical (unpaired) electrons. The third-order valence-corrected chi connectivity index (χ3v) is 5.03. The van der Waals surface area contributed by atoms with Crippen molar-refractivity contribution in [2.45, 2.75) is 17.9 Å².